The summed E-state index contributed by atoms with van der Waals surface area (Å²) in [6.07, 6.45) is 0. The van der Waals surface area contributed by atoms with E-state index in [9.17, 15) is 9.59 Å². The highest BCUT2D eigenvalue weighted by Crippen LogP contribution is 2.24. The number of nitrogens with one attached hydrogen (secondary N) is 2. The highest BCUT2D eigenvalue weighted by molar-refractivity contribution is 8.01. The first-order valence-electron chi connectivity index (χ1n) is 8.51. The van der Waals surface area contributed by atoms with Crippen molar-refractivity contribution in [2.75, 3.05) is 23.0 Å². The third-order valence-corrected chi connectivity index (χ3v) is 4.84. The van der Waals surface area contributed by atoms with Crippen LogP contribution < -0.4 is 15.4 Å². The number of aryl methyl sites for hydroxylation is 1. The van der Waals surface area contributed by atoms with Crippen LogP contribution in [-0.4, -0.2) is 29.4 Å². The van der Waals surface area contributed by atoms with Gasteiger partial charge in [0.05, 0.1) is 23.3 Å². The summed E-state index contributed by atoms with van der Waals surface area (Å²) < 4.78 is 5.49. The minimum absolute atomic E-state index is 0.119. The van der Waals surface area contributed by atoms with E-state index in [0.717, 1.165) is 11.3 Å². The maximum absolute atomic E-state index is 12.3. The van der Waals surface area contributed by atoms with Gasteiger partial charge >= 0.3 is 0 Å². The summed E-state index contributed by atoms with van der Waals surface area (Å²) in [6, 6.07) is 14.9. The van der Waals surface area contributed by atoms with Gasteiger partial charge in [0.2, 0.25) is 11.8 Å². The van der Waals surface area contributed by atoms with Gasteiger partial charge in [-0.2, -0.15) is 0 Å². The zero-order valence-electron chi connectivity index (χ0n) is 15.2. The number of carbonyl (C=O) groups is 2. The third-order valence-electron chi connectivity index (χ3n) is 3.70. The SMILES string of the molecule is CCOc1ccccc1NC(=O)CSC(C)C(=O)Nc1ccccc1C. The van der Waals surface area contributed by atoms with Crippen molar-refractivity contribution in [1.29, 1.82) is 0 Å². The number of hydrogen-bond acceptors (Lipinski definition) is 4. The number of para-hydroxylation sites is 3. The summed E-state index contributed by atoms with van der Waals surface area (Å²) in [5, 5.41) is 5.38. The molecule has 2 amide bonds. The van der Waals surface area contributed by atoms with E-state index in [1.54, 1.807) is 13.0 Å². The molecular formula is C20H24N2O3S. The van der Waals surface area contributed by atoms with Crippen LogP contribution in [0.4, 0.5) is 11.4 Å². The molecule has 0 radical (unpaired) electrons. The maximum Gasteiger partial charge on any atom is 0.237 e. The first-order chi connectivity index (χ1) is 12.5. The molecule has 2 aromatic rings. The fraction of sp³-hybridized carbons (Fsp3) is 0.300. The average Bonchev–Trinajstić information content (AvgIpc) is 2.63. The Morgan fingerprint density at radius 1 is 1.04 bits per heavy atom. The summed E-state index contributed by atoms with van der Waals surface area (Å²) in [5.74, 6) is 0.534. The lowest BCUT2D eigenvalue weighted by Gasteiger charge is -2.14. The molecule has 26 heavy (non-hydrogen) atoms. The van der Waals surface area contributed by atoms with Gasteiger partial charge < -0.3 is 15.4 Å². The number of benzene rings is 2. The summed E-state index contributed by atoms with van der Waals surface area (Å²) >= 11 is 1.29. The minimum Gasteiger partial charge on any atom is -0.492 e. The number of hydrogen-bond donors (Lipinski definition) is 2. The lowest BCUT2D eigenvalue weighted by molar-refractivity contribution is -0.115. The first kappa shape index (κ1) is 19.8. The van der Waals surface area contributed by atoms with Crippen molar-refractivity contribution >= 4 is 35.0 Å². The van der Waals surface area contributed by atoms with Crippen LogP contribution in [0.2, 0.25) is 0 Å². The largest absolute Gasteiger partial charge is 0.492 e. The van der Waals surface area contributed by atoms with Gasteiger partial charge in [-0.3, -0.25) is 9.59 Å². The fourth-order valence-electron chi connectivity index (χ4n) is 2.26. The number of thioether (sulfide) groups is 1. The molecule has 6 heteroatoms. The molecule has 0 saturated heterocycles. The molecule has 0 aliphatic rings. The van der Waals surface area contributed by atoms with Crippen molar-refractivity contribution in [2.45, 2.75) is 26.0 Å². The maximum atomic E-state index is 12.3. The normalized spacial score (nSPS) is 11.5. The van der Waals surface area contributed by atoms with Crippen molar-refractivity contribution in [3.05, 3.63) is 54.1 Å². The van der Waals surface area contributed by atoms with Crippen LogP contribution >= 0.6 is 11.8 Å². The van der Waals surface area contributed by atoms with E-state index in [4.69, 9.17) is 4.74 Å². The van der Waals surface area contributed by atoms with E-state index in [2.05, 4.69) is 10.6 Å². The van der Waals surface area contributed by atoms with Crippen LogP contribution in [0.25, 0.3) is 0 Å². The second-order valence-electron chi connectivity index (χ2n) is 5.73. The van der Waals surface area contributed by atoms with Crippen molar-refractivity contribution in [3.8, 4) is 5.75 Å². The van der Waals surface area contributed by atoms with E-state index >= 15 is 0 Å². The van der Waals surface area contributed by atoms with Crippen LogP contribution in [0.5, 0.6) is 5.75 Å². The van der Waals surface area contributed by atoms with E-state index in [0.29, 0.717) is 18.0 Å². The summed E-state index contributed by atoms with van der Waals surface area (Å²) in [6.45, 7) is 6.15. The molecule has 0 heterocycles. The molecule has 2 rings (SSSR count). The molecule has 5 nitrogen and oxygen atoms in total. The smallest absolute Gasteiger partial charge is 0.237 e. The van der Waals surface area contributed by atoms with E-state index in [-0.39, 0.29) is 22.8 Å². The van der Waals surface area contributed by atoms with E-state index in [1.165, 1.54) is 11.8 Å². The van der Waals surface area contributed by atoms with Gasteiger partial charge in [-0.05, 0) is 44.5 Å². The molecule has 138 valence electrons. The quantitative estimate of drug-likeness (QED) is 0.732. The Hall–Kier alpha value is -2.47. The van der Waals surface area contributed by atoms with Crippen molar-refractivity contribution in [3.63, 3.8) is 0 Å². The highest BCUT2D eigenvalue weighted by Gasteiger charge is 2.16. The Kier molecular flexibility index (Phi) is 7.53. The van der Waals surface area contributed by atoms with Gasteiger partial charge in [0.15, 0.2) is 0 Å². The van der Waals surface area contributed by atoms with E-state index < -0.39 is 0 Å². The van der Waals surface area contributed by atoms with Crippen LogP contribution in [0, 0.1) is 6.92 Å². The molecule has 1 atom stereocenters. The number of carbonyl (C=O) groups excluding carboxylic acids is 2. The third kappa shape index (κ3) is 5.81. The Balaban J connectivity index is 1.85. The monoisotopic (exact) mass is 372 g/mol. The Bertz CT molecular complexity index is 764. The average molecular weight is 372 g/mol. The molecule has 0 aromatic heterocycles. The predicted octanol–water partition coefficient (Wildman–Crippen LogP) is 4.09. The van der Waals surface area contributed by atoms with Crippen LogP contribution in [0.15, 0.2) is 48.5 Å². The van der Waals surface area contributed by atoms with Gasteiger partial charge in [-0.25, -0.2) is 0 Å². The van der Waals surface area contributed by atoms with Gasteiger partial charge in [0.25, 0.3) is 0 Å². The van der Waals surface area contributed by atoms with Gasteiger partial charge in [0, 0.05) is 5.69 Å². The van der Waals surface area contributed by atoms with E-state index in [1.807, 2.05) is 56.3 Å². The fourth-order valence-corrected chi connectivity index (χ4v) is 2.95. The lowest BCUT2D eigenvalue weighted by atomic mass is 10.2. The van der Waals surface area contributed by atoms with Crippen LogP contribution in [0.3, 0.4) is 0 Å². The topological polar surface area (TPSA) is 67.4 Å². The summed E-state index contributed by atoms with van der Waals surface area (Å²) in [5.41, 5.74) is 2.43. The second-order valence-corrected chi connectivity index (χ2v) is 7.06. The summed E-state index contributed by atoms with van der Waals surface area (Å²) in [7, 11) is 0. The molecule has 2 N–H and O–H groups in total. The molecular weight excluding hydrogens is 348 g/mol. The predicted molar refractivity (Wildman–Crippen MR) is 108 cm³/mol. The number of anilines is 2. The standard InChI is InChI=1S/C20H24N2O3S/c1-4-25-18-12-8-7-11-17(18)21-19(23)13-26-15(3)20(24)22-16-10-6-5-9-14(16)2/h5-12,15H,4,13H2,1-3H3,(H,21,23)(H,22,24). The molecule has 1 unspecified atom stereocenters. The Morgan fingerprint density at radius 2 is 1.69 bits per heavy atom. The van der Waals surface area contributed by atoms with Crippen LogP contribution in [-0.2, 0) is 9.59 Å². The Labute approximate surface area is 158 Å². The molecule has 0 aliphatic carbocycles. The molecule has 0 bridgehead atoms. The van der Waals surface area contributed by atoms with Crippen molar-refractivity contribution in [2.24, 2.45) is 0 Å². The zero-order chi connectivity index (χ0) is 18.9. The van der Waals surface area contributed by atoms with Crippen molar-refractivity contribution < 1.29 is 14.3 Å². The van der Waals surface area contributed by atoms with Crippen LogP contribution in [0.1, 0.15) is 19.4 Å². The van der Waals surface area contributed by atoms with Gasteiger partial charge in [0.1, 0.15) is 5.75 Å². The van der Waals surface area contributed by atoms with Gasteiger partial charge in [-0.15, -0.1) is 11.8 Å². The molecule has 2 aromatic carbocycles. The van der Waals surface area contributed by atoms with Gasteiger partial charge in [-0.1, -0.05) is 30.3 Å². The zero-order valence-corrected chi connectivity index (χ0v) is 16.1. The minimum atomic E-state index is -0.345. The molecule has 0 aliphatic heterocycles. The number of amides is 2. The molecule has 0 spiro atoms. The molecule has 0 fully saturated rings. The second kappa shape index (κ2) is 9.87. The highest BCUT2D eigenvalue weighted by atomic mass is 32.2. The summed E-state index contributed by atoms with van der Waals surface area (Å²) in [4.78, 5) is 24.5. The van der Waals surface area contributed by atoms with Crippen molar-refractivity contribution in [1.82, 2.24) is 0 Å². The first-order valence-corrected chi connectivity index (χ1v) is 9.56. The number of rotatable bonds is 8. The molecule has 0 saturated carbocycles. The Morgan fingerprint density at radius 3 is 2.38 bits per heavy atom. The number of ether oxygens (including phenoxy) is 1. The lowest BCUT2D eigenvalue weighted by Crippen LogP contribution is -2.25.